The van der Waals surface area contributed by atoms with E-state index in [0.29, 0.717) is 36.2 Å². The summed E-state index contributed by atoms with van der Waals surface area (Å²) in [6, 6.07) is 17.1. The van der Waals surface area contributed by atoms with Crippen molar-refractivity contribution >= 4 is 23.3 Å². The number of nitrogens with zero attached hydrogens (tertiary/aromatic N) is 2. The fraction of sp³-hybridized carbons (Fsp3) is 0.200. The molecule has 0 aliphatic carbocycles. The van der Waals surface area contributed by atoms with Crippen molar-refractivity contribution < 1.29 is 9.53 Å². The first-order chi connectivity index (χ1) is 12.6. The third-order valence-corrected chi connectivity index (χ3v) is 4.22. The van der Waals surface area contributed by atoms with Gasteiger partial charge in [-0.25, -0.2) is 0 Å². The first-order valence-corrected chi connectivity index (χ1v) is 8.73. The molecule has 6 heteroatoms. The molecule has 0 atom stereocenters. The molecule has 1 amide bonds. The zero-order valence-electron chi connectivity index (χ0n) is 14.5. The number of hydrogen-bond acceptors (Lipinski definition) is 3. The number of nitrogens with one attached hydrogen (secondary N) is 1. The van der Waals surface area contributed by atoms with Gasteiger partial charge >= 0.3 is 0 Å². The van der Waals surface area contributed by atoms with Crippen molar-refractivity contribution in [1.82, 2.24) is 9.78 Å². The summed E-state index contributed by atoms with van der Waals surface area (Å²) in [6.45, 7) is 3.56. The quantitative estimate of drug-likeness (QED) is 0.631. The Labute approximate surface area is 157 Å². The summed E-state index contributed by atoms with van der Waals surface area (Å²) >= 11 is 6.13. The molecule has 0 aliphatic heterocycles. The summed E-state index contributed by atoms with van der Waals surface area (Å²) in [5.41, 5.74) is 2.43. The van der Waals surface area contributed by atoms with Crippen molar-refractivity contribution in [3.63, 3.8) is 0 Å². The number of rotatable bonds is 7. The first-order valence-electron chi connectivity index (χ1n) is 8.35. The predicted octanol–water partition coefficient (Wildman–Crippen LogP) is 4.31. The molecule has 5 nitrogen and oxygen atoms in total. The van der Waals surface area contributed by atoms with Crippen molar-refractivity contribution in [3.8, 4) is 0 Å². The molecule has 0 radical (unpaired) electrons. The first kappa shape index (κ1) is 18.2. The molecule has 0 unspecified atom stereocenters. The van der Waals surface area contributed by atoms with Gasteiger partial charge in [-0.1, -0.05) is 54.1 Å². The molecule has 134 valence electrons. The molecule has 0 saturated heterocycles. The van der Waals surface area contributed by atoms with E-state index in [0.717, 1.165) is 11.1 Å². The van der Waals surface area contributed by atoms with Crippen molar-refractivity contribution in [1.29, 1.82) is 0 Å². The zero-order valence-corrected chi connectivity index (χ0v) is 15.2. The number of carbonyl (C=O) groups is 1. The van der Waals surface area contributed by atoms with Gasteiger partial charge in [0.05, 0.1) is 30.3 Å². The fourth-order valence-electron chi connectivity index (χ4n) is 2.57. The summed E-state index contributed by atoms with van der Waals surface area (Å²) in [5, 5.41) is 7.55. The van der Waals surface area contributed by atoms with Gasteiger partial charge in [-0.3, -0.25) is 9.48 Å². The van der Waals surface area contributed by atoms with Crippen LogP contribution in [0, 0.1) is 6.92 Å². The third-order valence-electron chi connectivity index (χ3n) is 3.91. The van der Waals surface area contributed by atoms with E-state index >= 15 is 0 Å². The van der Waals surface area contributed by atoms with Crippen LogP contribution < -0.4 is 5.32 Å². The predicted molar refractivity (Wildman–Crippen MR) is 102 cm³/mol. The number of anilines is 1. The minimum atomic E-state index is -0.265. The topological polar surface area (TPSA) is 56.2 Å². The van der Waals surface area contributed by atoms with Gasteiger partial charge in [-0.2, -0.15) is 5.10 Å². The van der Waals surface area contributed by atoms with Gasteiger partial charge < -0.3 is 10.1 Å². The van der Waals surface area contributed by atoms with Gasteiger partial charge in [0.25, 0.3) is 5.91 Å². The number of halogens is 1. The third kappa shape index (κ3) is 4.71. The lowest BCUT2D eigenvalue weighted by molar-refractivity contribution is 0.102. The Kier molecular flexibility index (Phi) is 6.04. The number of benzene rings is 2. The van der Waals surface area contributed by atoms with Crippen LogP contribution in [0.5, 0.6) is 0 Å². The molecule has 0 spiro atoms. The molecule has 0 fully saturated rings. The monoisotopic (exact) mass is 369 g/mol. The van der Waals surface area contributed by atoms with Crippen LogP contribution in [-0.2, 0) is 17.9 Å². The zero-order chi connectivity index (χ0) is 18.4. The smallest absolute Gasteiger partial charge is 0.258 e. The highest BCUT2D eigenvalue weighted by atomic mass is 35.5. The SMILES string of the molecule is Cc1cccc(Cl)c1C(=O)Nc1ccn(CCOCc2ccccc2)n1. The van der Waals surface area contributed by atoms with E-state index in [9.17, 15) is 4.79 Å². The Morgan fingerprint density at radius 2 is 1.96 bits per heavy atom. The number of carbonyl (C=O) groups excluding carboxylic acids is 1. The molecule has 3 aromatic rings. The van der Waals surface area contributed by atoms with Gasteiger partial charge in [-0.15, -0.1) is 0 Å². The summed E-state index contributed by atoms with van der Waals surface area (Å²) in [5.74, 6) is 0.219. The van der Waals surface area contributed by atoms with E-state index in [1.165, 1.54) is 0 Å². The van der Waals surface area contributed by atoms with Gasteiger partial charge in [0.15, 0.2) is 5.82 Å². The highest BCUT2D eigenvalue weighted by Crippen LogP contribution is 2.20. The summed E-state index contributed by atoms with van der Waals surface area (Å²) in [7, 11) is 0. The molecule has 0 aliphatic rings. The Bertz CT molecular complexity index is 858. The van der Waals surface area contributed by atoms with Crippen LogP contribution in [0.25, 0.3) is 0 Å². The van der Waals surface area contributed by atoms with Crippen molar-refractivity contribution in [2.45, 2.75) is 20.1 Å². The van der Waals surface area contributed by atoms with E-state index in [-0.39, 0.29) is 5.91 Å². The molecule has 0 bridgehead atoms. The van der Waals surface area contributed by atoms with E-state index in [2.05, 4.69) is 10.4 Å². The van der Waals surface area contributed by atoms with Gasteiger partial charge in [0.2, 0.25) is 0 Å². The largest absolute Gasteiger partial charge is 0.375 e. The number of aryl methyl sites for hydroxylation is 1. The normalized spacial score (nSPS) is 10.7. The molecule has 26 heavy (non-hydrogen) atoms. The van der Waals surface area contributed by atoms with Crippen LogP contribution in [-0.4, -0.2) is 22.3 Å². The van der Waals surface area contributed by atoms with E-state index < -0.39 is 0 Å². The van der Waals surface area contributed by atoms with Crippen LogP contribution >= 0.6 is 11.6 Å². The standard InChI is InChI=1S/C20H20ClN3O2/c1-15-6-5-9-17(21)19(15)20(25)22-18-10-11-24(23-18)12-13-26-14-16-7-3-2-4-8-16/h2-11H,12-14H2,1H3,(H,22,23,25). The van der Waals surface area contributed by atoms with Crippen LogP contribution in [0.4, 0.5) is 5.82 Å². The lowest BCUT2D eigenvalue weighted by Gasteiger charge is -2.07. The maximum Gasteiger partial charge on any atom is 0.258 e. The Morgan fingerprint density at radius 1 is 1.15 bits per heavy atom. The van der Waals surface area contributed by atoms with Gasteiger partial charge in [0, 0.05) is 12.3 Å². The molecule has 2 aromatic carbocycles. The highest BCUT2D eigenvalue weighted by molar-refractivity contribution is 6.34. The van der Waals surface area contributed by atoms with Crippen molar-refractivity contribution in [2.24, 2.45) is 0 Å². The number of amides is 1. The number of hydrogen-bond donors (Lipinski definition) is 1. The fourth-order valence-corrected chi connectivity index (χ4v) is 2.88. The van der Waals surface area contributed by atoms with E-state index in [4.69, 9.17) is 16.3 Å². The molecule has 1 aromatic heterocycles. The average molecular weight is 370 g/mol. The molecule has 1 N–H and O–H groups in total. The highest BCUT2D eigenvalue weighted by Gasteiger charge is 2.14. The Morgan fingerprint density at radius 3 is 2.73 bits per heavy atom. The summed E-state index contributed by atoms with van der Waals surface area (Å²) < 4.78 is 7.39. The minimum absolute atomic E-state index is 0.265. The molecule has 0 saturated carbocycles. The van der Waals surface area contributed by atoms with E-state index in [1.807, 2.05) is 49.4 Å². The van der Waals surface area contributed by atoms with Crippen LogP contribution in [0.1, 0.15) is 21.5 Å². The van der Waals surface area contributed by atoms with Crippen molar-refractivity contribution in [2.75, 3.05) is 11.9 Å². The maximum absolute atomic E-state index is 12.4. The molecular weight excluding hydrogens is 350 g/mol. The van der Waals surface area contributed by atoms with E-state index in [1.54, 1.807) is 23.0 Å². The van der Waals surface area contributed by atoms with Crippen LogP contribution in [0.15, 0.2) is 60.8 Å². The second-order valence-electron chi connectivity index (χ2n) is 5.89. The van der Waals surface area contributed by atoms with Gasteiger partial charge in [-0.05, 0) is 24.1 Å². The Balaban J connectivity index is 1.51. The summed E-state index contributed by atoms with van der Waals surface area (Å²) in [6.07, 6.45) is 1.81. The molecular formula is C20H20ClN3O2. The molecule has 1 heterocycles. The van der Waals surface area contributed by atoms with Crippen molar-refractivity contribution in [3.05, 3.63) is 82.5 Å². The maximum atomic E-state index is 12.4. The van der Waals surface area contributed by atoms with Gasteiger partial charge in [0.1, 0.15) is 0 Å². The van der Waals surface area contributed by atoms with Crippen LogP contribution in [0.2, 0.25) is 5.02 Å². The Hall–Kier alpha value is -2.63. The number of aromatic nitrogens is 2. The lowest BCUT2D eigenvalue weighted by Crippen LogP contribution is -2.15. The molecule has 3 rings (SSSR count). The lowest BCUT2D eigenvalue weighted by atomic mass is 10.1. The average Bonchev–Trinajstić information content (AvgIpc) is 3.07. The number of ether oxygens (including phenoxy) is 1. The second kappa shape index (κ2) is 8.65. The van der Waals surface area contributed by atoms with Crippen LogP contribution in [0.3, 0.4) is 0 Å². The second-order valence-corrected chi connectivity index (χ2v) is 6.30. The summed E-state index contributed by atoms with van der Waals surface area (Å²) in [4.78, 5) is 12.4. The minimum Gasteiger partial charge on any atom is -0.375 e.